The van der Waals surface area contributed by atoms with Crippen molar-refractivity contribution in [2.75, 3.05) is 25.0 Å². The number of nitrogens with one attached hydrogen (secondary N) is 1. The van der Waals surface area contributed by atoms with Gasteiger partial charge < -0.3 is 25.0 Å². The number of ketones is 1. The number of Topliss-reactive ketones (excluding diaryl/α,β-unsaturated/α-hetero) is 1. The number of nitrogens with zero attached hydrogens (tertiary/aromatic N) is 1. The van der Waals surface area contributed by atoms with Crippen molar-refractivity contribution in [3.8, 4) is 11.5 Å². The summed E-state index contributed by atoms with van der Waals surface area (Å²) in [6.45, 7) is 3.70. The van der Waals surface area contributed by atoms with E-state index in [4.69, 9.17) is 9.47 Å². The largest absolute Gasteiger partial charge is 0.504 e. The molecule has 2 bridgehead atoms. The first-order chi connectivity index (χ1) is 19.2. The van der Waals surface area contributed by atoms with Crippen LogP contribution in [0.3, 0.4) is 0 Å². The quantitative estimate of drug-likeness (QED) is 0.357. The van der Waals surface area contributed by atoms with Crippen LogP contribution in [0, 0.1) is 11.8 Å². The third kappa shape index (κ3) is 3.63. The van der Waals surface area contributed by atoms with E-state index in [0.717, 1.165) is 29.8 Å². The van der Waals surface area contributed by atoms with E-state index in [1.807, 2.05) is 6.07 Å². The van der Waals surface area contributed by atoms with Gasteiger partial charge in [0.15, 0.2) is 23.4 Å². The number of benzene rings is 2. The zero-order valence-electron chi connectivity index (χ0n) is 22.5. The Hall–Kier alpha value is -3.43. The summed E-state index contributed by atoms with van der Waals surface area (Å²) in [6.07, 6.45) is 2.58. The Labute approximate surface area is 232 Å². The average molecular weight is 547 g/mol. The van der Waals surface area contributed by atoms with Crippen molar-refractivity contribution in [2.45, 2.75) is 68.6 Å². The number of carbonyl (C=O) groups is 3. The van der Waals surface area contributed by atoms with Gasteiger partial charge in [0.2, 0.25) is 5.91 Å². The minimum Gasteiger partial charge on any atom is -0.504 e. The summed E-state index contributed by atoms with van der Waals surface area (Å²) < 4.78 is 11.2. The van der Waals surface area contributed by atoms with Crippen LogP contribution in [0.1, 0.15) is 49.3 Å². The third-order valence-corrected chi connectivity index (χ3v) is 9.82. The fourth-order valence-electron chi connectivity index (χ4n) is 7.84. The van der Waals surface area contributed by atoms with E-state index in [0.29, 0.717) is 31.1 Å². The number of hydrogen-bond acceptors (Lipinski definition) is 8. The molecule has 1 spiro atoms. The number of hydrogen-bond donors (Lipinski definition) is 3. The number of piperidine rings is 1. The minimum atomic E-state index is -1.36. The van der Waals surface area contributed by atoms with Gasteiger partial charge >= 0.3 is 5.97 Å². The maximum Gasteiger partial charge on any atom is 0.310 e. The SMILES string of the molecule is CCOC(=O)Cc1ccc(NC(=O)C2C[C@@]3(O)[C@H]4Cc5ccc(O)c6c5[C@@]3(CCN4CC3CC3)[C@@H](O6)C2=O)cc1. The Kier molecular flexibility index (Phi) is 5.77. The maximum absolute atomic E-state index is 14.0. The standard InChI is InChI=1S/C31H34N2O7/c1-2-39-24(35)13-17-5-8-20(9-6-17)32-29(37)21-15-31(38)23-14-19-7-10-22(34)27-25(19)30(31,28(40-27)26(21)36)11-12-33(23)16-18-3-4-18/h5-10,18,21,23,28,34,38H,2-4,11-16H2,1H3,(H,32,37)/t21?,23-,28+,30+,31-/m1/s1. The molecule has 9 heteroatoms. The number of rotatable bonds is 7. The van der Waals surface area contributed by atoms with Gasteiger partial charge in [0.05, 0.1) is 24.0 Å². The van der Waals surface area contributed by atoms with Crippen LogP contribution in [0.5, 0.6) is 11.5 Å². The lowest BCUT2D eigenvalue weighted by Crippen LogP contribution is -2.78. The van der Waals surface area contributed by atoms with E-state index >= 15 is 0 Å². The van der Waals surface area contributed by atoms with E-state index in [9.17, 15) is 24.6 Å². The predicted molar refractivity (Wildman–Crippen MR) is 144 cm³/mol. The van der Waals surface area contributed by atoms with Gasteiger partial charge in [-0.05, 0) is 80.8 Å². The lowest BCUT2D eigenvalue weighted by Gasteiger charge is -2.63. The fourth-order valence-corrected chi connectivity index (χ4v) is 7.84. The van der Waals surface area contributed by atoms with Crippen LogP contribution in [-0.2, 0) is 37.4 Å². The smallest absolute Gasteiger partial charge is 0.310 e. The summed E-state index contributed by atoms with van der Waals surface area (Å²) in [4.78, 5) is 41.8. The molecule has 1 unspecified atom stereocenters. The Bertz CT molecular complexity index is 1400. The summed E-state index contributed by atoms with van der Waals surface area (Å²) in [5.74, 6) is -1.42. The second-order valence-electron chi connectivity index (χ2n) is 12.1. The minimum absolute atomic E-state index is 0.00115. The highest BCUT2D eigenvalue weighted by atomic mass is 16.5. The van der Waals surface area contributed by atoms with E-state index in [1.54, 1.807) is 37.3 Å². The molecule has 1 amide bonds. The van der Waals surface area contributed by atoms with Gasteiger partial charge in [-0.15, -0.1) is 0 Å². The number of phenolic OH excluding ortho intramolecular Hbond substituents is 1. The summed E-state index contributed by atoms with van der Waals surface area (Å²) in [5, 5.41) is 26.2. The van der Waals surface area contributed by atoms with Gasteiger partial charge in [-0.3, -0.25) is 19.3 Å². The summed E-state index contributed by atoms with van der Waals surface area (Å²) in [7, 11) is 0. The molecule has 2 aromatic carbocycles. The number of amides is 1. The van der Waals surface area contributed by atoms with Gasteiger partial charge in [-0.1, -0.05) is 18.2 Å². The Morgan fingerprint density at radius 2 is 1.95 bits per heavy atom. The van der Waals surface area contributed by atoms with Crippen LogP contribution in [0.4, 0.5) is 5.69 Å². The van der Waals surface area contributed by atoms with Crippen molar-refractivity contribution in [1.29, 1.82) is 0 Å². The second kappa shape index (κ2) is 9.04. The first-order valence-corrected chi connectivity index (χ1v) is 14.3. The molecule has 1 saturated heterocycles. The lowest BCUT2D eigenvalue weighted by molar-refractivity contribution is -0.197. The van der Waals surface area contributed by atoms with Crippen LogP contribution in [0.15, 0.2) is 36.4 Å². The van der Waals surface area contributed by atoms with Crippen LogP contribution >= 0.6 is 0 Å². The molecule has 2 aliphatic heterocycles. The normalized spacial score (nSPS) is 31.8. The number of carbonyl (C=O) groups excluding carboxylic acids is 3. The van der Waals surface area contributed by atoms with E-state index in [1.165, 1.54) is 12.8 Å². The van der Waals surface area contributed by atoms with Gasteiger partial charge in [-0.25, -0.2) is 0 Å². The van der Waals surface area contributed by atoms with Crippen LogP contribution in [-0.4, -0.2) is 70.2 Å². The second-order valence-corrected chi connectivity index (χ2v) is 12.1. The van der Waals surface area contributed by atoms with E-state index in [-0.39, 0.29) is 42.1 Å². The monoisotopic (exact) mass is 546 g/mol. The number of anilines is 1. The number of aromatic hydroxyl groups is 1. The van der Waals surface area contributed by atoms with E-state index in [2.05, 4.69) is 10.2 Å². The van der Waals surface area contributed by atoms with Crippen molar-refractivity contribution in [1.82, 2.24) is 4.90 Å². The molecule has 3 N–H and O–H groups in total. The molecule has 0 radical (unpaired) electrons. The Balaban J connectivity index is 1.20. The number of ether oxygens (including phenoxy) is 2. The van der Waals surface area contributed by atoms with Gasteiger partial charge in [0, 0.05) is 23.8 Å². The van der Waals surface area contributed by atoms with Gasteiger partial charge in [0.1, 0.15) is 5.92 Å². The number of phenols is 1. The highest BCUT2D eigenvalue weighted by molar-refractivity contribution is 6.10. The number of aliphatic hydroxyl groups is 1. The molecule has 7 rings (SSSR count). The Morgan fingerprint density at radius 1 is 1.18 bits per heavy atom. The molecule has 9 nitrogen and oxygen atoms in total. The van der Waals surface area contributed by atoms with Crippen molar-refractivity contribution < 1.29 is 34.1 Å². The highest BCUT2D eigenvalue weighted by Crippen LogP contribution is 2.65. The third-order valence-electron chi connectivity index (χ3n) is 9.82. The van der Waals surface area contributed by atoms with Crippen molar-refractivity contribution in [3.63, 3.8) is 0 Å². The summed E-state index contributed by atoms with van der Waals surface area (Å²) in [5.41, 5.74) is 0.654. The molecule has 2 aromatic rings. The summed E-state index contributed by atoms with van der Waals surface area (Å²) in [6, 6.07) is 10.1. The van der Waals surface area contributed by atoms with Crippen LogP contribution in [0.25, 0.3) is 0 Å². The average Bonchev–Trinajstić information content (AvgIpc) is 3.67. The summed E-state index contributed by atoms with van der Waals surface area (Å²) >= 11 is 0. The molecule has 2 saturated carbocycles. The first kappa shape index (κ1) is 25.5. The number of likely N-dealkylation sites (tertiary alicyclic amines) is 1. The first-order valence-electron chi connectivity index (χ1n) is 14.3. The molecule has 210 valence electrons. The van der Waals surface area contributed by atoms with Crippen LogP contribution < -0.4 is 10.1 Å². The molecule has 2 heterocycles. The fraction of sp³-hybridized carbons (Fsp3) is 0.516. The highest BCUT2D eigenvalue weighted by Gasteiger charge is 2.75. The molecular formula is C31H34N2O7. The maximum atomic E-state index is 14.0. The zero-order valence-corrected chi connectivity index (χ0v) is 22.5. The predicted octanol–water partition coefficient (Wildman–Crippen LogP) is 2.50. The molecule has 5 aliphatic rings. The molecule has 3 fully saturated rings. The molecule has 0 aromatic heterocycles. The molecule has 5 atom stereocenters. The van der Waals surface area contributed by atoms with Crippen molar-refractivity contribution in [2.24, 2.45) is 11.8 Å². The van der Waals surface area contributed by atoms with Gasteiger partial charge in [-0.2, -0.15) is 0 Å². The number of esters is 1. The molecule has 3 aliphatic carbocycles. The van der Waals surface area contributed by atoms with Crippen molar-refractivity contribution >= 4 is 23.3 Å². The van der Waals surface area contributed by atoms with Crippen LogP contribution in [0.2, 0.25) is 0 Å². The molecular weight excluding hydrogens is 512 g/mol. The molecule has 40 heavy (non-hydrogen) atoms. The van der Waals surface area contributed by atoms with Gasteiger partial charge in [0.25, 0.3) is 0 Å². The lowest BCUT2D eigenvalue weighted by atomic mass is 9.47. The Morgan fingerprint density at radius 3 is 2.67 bits per heavy atom. The topological polar surface area (TPSA) is 125 Å². The zero-order chi connectivity index (χ0) is 27.8. The van der Waals surface area contributed by atoms with E-state index < -0.39 is 28.9 Å². The van der Waals surface area contributed by atoms with Crippen molar-refractivity contribution in [3.05, 3.63) is 53.1 Å².